The first-order chi connectivity index (χ1) is 14.2. The minimum atomic E-state index is 0.433. The van der Waals surface area contributed by atoms with Crippen molar-refractivity contribution >= 4 is 17.3 Å². The normalized spacial score (nSPS) is 22.4. The van der Waals surface area contributed by atoms with Crippen LogP contribution in [0.3, 0.4) is 0 Å². The molecule has 0 spiro atoms. The molecule has 2 N–H and O–H groups in total. The number of hydrogen-bond acceptors (Lipinski definition) is 5. The fourth-order valence-electron chi connectivity index (χ4n) is 4.30. The van der Waals surface area contributed by atoms with E-state index in [1.54, 1.807) is 0 Å². The number of rotatable bonds is 7. The first-order valence-corrected chi connectivity index (χ1v) is 12.2. The van der Waals surface area contributed by atoms with Crippen LogP contribution in [-0.2, 0) is 0 Å². The Kier molecular flexibility index (Phi) is 9.24. The van der Waals surface area contributed by atoms with E-state index >= 15 is 0 Å². The molecule has 0 bridgehead atoms. The van der Waals surface area contributed by atoms with Crippen molar-refractivity contribution in [3.8, 4) is 0 Å². The third-order valence-corrected chi connectivity index (χ3v) is 7.32. The van der Waals surface area contributed by atoms with Crippen molar-refractivity contribution in [1.29, 1.82) is 0 Å². The summed E-state index contributed by atoms with van der Waals surface area (Å²) in [4.78, 5) is 13.6. The van der Waals surface area contributed by atoms with E-state index in [-0.39, 0.29) is 0 Å². The van der Waals surface area contributed by atoms with Gasteiger partial charge in [0, 0.05) is 44.6 Å². The van der Waals surface area contributed by atoms with E-state index in [1.807, 2.05) is 18.4 Å². The van der Waals surface area contributed by atoms with Gasteiger partial charge in [-0.25, -0.2) is 0 Å². The number of piperidine rings is 1. The van der Waals surface area contributed by atoms with Crippen LogP contribution < -0.4 is 10.6 Å². The van der Waals surface area contributed by atoms with Gasteiger partial charge < -0.3 is 20.4 Å². The van der Waals surface area contributed by atoms with E-state index in [2.05, 4.69) is 61.8 Å². The summed E-state index contributed by atoms with van der Waals surface area (Å²) in [6.07, 6.45) is 3.88. The first kappa shape index (κ1) is 22.5. The zero-order valence-corrected chi connectivity index (χ0v) is 19.4. The molecule has 0 amide bonds. The molecule has 1 aromatic rings. The lowest BCUT2D eigenvalue weighted by atomic mass is 9.97. The number of aliphatic imine (C=N–C) groups is 1. The van der Waals surface area contributed by atoms with Gasteiger partial charge in [-0.2, -0.15) is 0 Å². The van der Waals surface area contributed by atoms with Crippen molar-refractivity contribution in [2.75, 3.05) is 73.0 Å². The van der Waals surface area contributed by atoms with Crippen LogP contribution in [0.15, 0.2) is 22.5 Å². The average molecular weight is 421 g/mol. The van der Waals surface area contributed by atoms with Crippen LogP contribution in [0.25, 0.3) is 0 Å². The predicted octanol–water partition coefficient (Wildman–Crippen LogP) is 2.32. The van der Waals surface area contributed by atoms with Crippen LogP contribution in [0.4, 0.5) is 0 Å². The lowest BCUT2D eigenvalue weighted by Crippen LogP contribution is -2.46. The predicted molar refractivity (Wildman–Crippen MR) is 125 cm³/mol. The Morgan fingerprint density at radius 2 is 2.00 bits per heavy atom. The topological polar surface area (TPSA) is 46.1 Å². The number of thiophene rings is 1. The highest BCUT2D eigenvalue weighted by atomic mass is 32.1. The minimum Gasteiger partial charge on any atom is -0.355 e. The minimum absolute atomic E-state index is 0.433. The highest BCUT2D eigenvalue weighted by Crippen LogP contribution is 2.29. The molecule has 0 aliphatic carbocycles. The maximum Gasteiger partial charge on any atom is 0.191 e. The van der Waals surface area contributed by atoms with Gasteiger partial charge in [-0.15, -0.1) is 11.3 Å². The van der Waals surface area contributed by atoms with Crippen molar-refractivity contribution in [2.45, 2.75) is 32.2 Å². The second kappa shape index (κ2) is 11.9. The number of nitrogens with one attached hydrogen (secondary N) is 2. The lowest BCUT2D eigenvalue weighted by molar-refractivity contribution is 0.140. The molecule has 2 aliphatic rings. The summed E-state index contributed by atoms with van der Waals surface area (Å²) in [6.45, 7) is 12.4. The van der Waals surface area contributed by atoms with Crippen LogP contribution in [0, 0.1) is 5.92 Å². The third-order valence-electron chi connectivity index (χ3n) is 6.35. The fourth-order valence-corrected chi connectivity index (χ4v) is 5.16. The molecule has 164 valence electrons. The monoisotopic (exact) mass is 420 g/mol. The van der Waals surface area contributed by atoms with E-state index < -0.39 is 0 Å². The Morgan fingerprint density at radius 1 is 1.17 bits per heavy atom. The molecule has 29 heavy (non-hydrogen) atoms. The molecular weight excluding hydrogens is 380 g/mol. The summed E-state index contributed by atoms with van der Waals surface area (Å²) >= 11 is 1.87. The van der Waals surface area contributed by atoms with Crippen LogP contribution in [-0.4, -0.2) is 93.7 Å². The zero-order chi connectivity index (χ0) is 20.5. The Balaban J connectivity index is 1.46. The van der Waals surface area contributed by atoms with Crippen molar-refractivity contribution in [1.82, 2.24) is 25.3 Å². The zero-order valence-electron chi connectivity index (χ0n) is 18.6. The first-order valence-electron chi connectivity index (χ1n) is 11.3. The maximum atomic E-state index is 4.46. The highest BCUT2D eigenvalue weighted by molar-refractivity contribution is 7.10. The third kappa shape index (κ3) is 7.24. The molecule has 0 saturated carbocycles. The Labute approximate surface area is 181 Å². The summed E-state index contributed by atoms with van der Waals surface area (Å²) in [5, 5.41) is 9.32. The van der Waals surface area contributed by atoms with Crippen LogP contribution in [0.2, 0.25) is 0 Å². The van der Waals surface area contributed by atoms with Gasteiger partial charge in [0.1, 0.15) is 0 Å². The summed E-state index contributed by atoms with van der Waals surface area (Å²) in [5.74, 6) is 1.78. The highest BCUT2D eigenvalue weighted by Gasteiger charge is 2.25. The number of nitrogens with zero attached hydrogens (tertiary/aromatic N) is 4. The van der Waals surface area contributed by atoms with Gasteiger partial charge in [0.2, 0.25) is 0 Å². The van der Waals surface area contributed by atoms with E-state index in [0.29, 0.717) is 6.04 Å². The molecule has 1 aromatic heterocycles. The van der Waals surface area contributed by atoms with Crippen molar-refractivity contribution < 1.29 is 0 Å². The van der Waals surface area contributed by atoms with Gasteiger partial charge in [-0.3, -0.25) is 9.89 Å². The van der Waals surface area contributed by atoms with E-state index in [0.717, 1.165) is 38.1 Å². The molecule has 0 radical (unpaired) electrons. The maximum absolute atomic E-state index is 4.46. The summed E-state index contributed by atoms with van der Waals surface area (Å²) in [5.41, 5.74) is 0. The standard InChI is InChI=1S/C22H40N6S/c1-19-7-12-28(13-8-19)20(21-6-4-17-29-21)18-25-22(23-2)24-9-14-27-11-5-10-26(3)15-16-27/h4,6,17,19-20H,5,7-16,18H2,1-3H3,(H2,23,24,25). The van der Waals surface area contributed by atoms with Gasteiger partial charge in [0.05, 0.1) is 6.04 Å². The van der Waals surface area contributed by atoms with Crippen LogP contribution >= 0.6 is 11.3 Å². The summed E-state index contributed by atoms with van der Waals surface area (Å²) < 4.78 is 0. The second-order valence-electron chi connectivity index (χ2n) is 8.63. The van der Waals surface area contributed by atoms with Crippen molar-refractivity contribution in [3.05, 3.63) is 22.4 Å². The van der Waals surface area contributed by atoms with E-state index in [1.165, 1.54) is 56.9 Å². The molecule has 6 nitrogen and oxygen atoms in total. The number of guanidine groups is 1. The van der Waals surface area contributed by atoms with E-state index in [9.17, 15) is 0 Å². The summed E-state index contributed by atoms with van der Waals surface area (Å²) in [7, 11) is 4.10. The Hall–Kier alpha value is -1.15. The SMILES string of the molecule is CN=C(NCCN1CCCN(C)CC1)NCC(c1cccs1)N1CCC(C)CC1. The van der Waals surface area contributed by atoms with Gasteiger partial charge in [-0.05, 0) is 69.9 Å². The second-order valence-corrected chi connectivity index (χ2v) is 9.61. The molecule has 2 saturated heterocycles. The molecule has 1 unspecified atom stereocenters. The van der Waals surface area contributed by atoms with Gasteiger partial charge >= 0.3 is 0 Å². The average Bonchev–Trinajstić information content (AvgIpc) is 3.18. The molecule has 7 heteroatoms. The number of likely N-dealkylation sites (tertiary alicyclic amines) is 1. The van der Waals surface area contributed by atoms with Crippen LogP contribution in [0.1, 0.15) is 37.1 Å². The molecule has 1 atom stereocenters. The summed E-state index contributed by atoms with van der Waals surface area (Å²) in [6, 6.07) is 4.88. The number of likely N-dealkylation sites (N-methyl/N-ethyl adjacent to an activating group) is 1. The fraction of sp³-hybridized carbons (Fsp3) is 0.773. The molecular formula is C22H40N6S. The molecule has 0 aromatic carbocycles. The molecule has 2 fully saturated rings. The molecule has 2 aliphatic heterocycles. The van der Waals surface area contributed by atoms with Gasteiger partial charge in [0.25, 0.3) is 0 Å². The Morgan fingerprint density at radius 3 is 2.72 bits per heavy atom. The van der Waals surface area contributed by atoms with Gasteiger partial charge in [0.15, 0.2) is 5.96 Å². The smallest absolute Gasteiger partial charge is 0.191 e. The van der Waals surface area contributed by atoms with Crippen molar-refractivity contribution in [2.24, 2.45) is 10.9 Å². The lowest BCUT2D eigenvalue weighted by Gasteiger charge is -2.36. The Bertz CT molecular complexity index is 596. The van der Waals surface area contributed by atoms with Gasteiger partial charge in [-0.1, -0.05) is 13.0 Å². The largest absolute Gasteiger partial charge is 0.355 e. The number of hydrogen-bond donors (Lipinski definition) is 2. The van der Waals surface area contributed by atoms with Crippen molar-refractivity contribution in [3.63, 3.8) is 0 Å². The quantitative estimate of drug-likeness (QED) is 0.524. The van der Waals surface area contributed by atoms with Crippen LogP contribution in [0.5, 0.6) is 0 Å². The molecule has 3 rings (SSSR count). The van der Waals surface area contributed by atoms with E-state index in [4.69, 9.17) is 0 Å². The molecule has 3 heterocycles.